The molecule has 0 aromatic carbocycles. The van der Waals surface area contributed by atoms with Gasteiger partial charge in [0.15, 0.2) is 0 Å². The predicted molar refractivity (Wildman–Crippen MR) is 73.0 cm³/mol. The second-order valence-electron chi connectivity index (χ2n) is 6.05. The standard InChI is InChI=1S/C13H23BN2O2/c1-7-8-16-9-10(2)11(15-16)14-17-12(3,4)13(5,6)18-14/h9H,7-8H2,1-6H3. The van der Waals surface area contributed by atoms with Gasteiger partial charge in [0.1, 0.15) is 0 Å². The zero-order chi connectivity index (χ0) is 13.6. The topological polar surface area (TPSA) is 36.3 Å². The highest BCUT2D eigenvalue weighted by Crippen LogP contribution is 2.36. The molecule has 2 heterocycles. The Bertz CT molecular complexity index is 424. The van der Waals surface area contributed by atoms with Crippen molar-refractivity contribution in [1.82, 2.24) is 9.78 Å². The Morgan fingerprint density at radius 2 is 1.78 bits per heavy atom. The van der Waals surface area contributed by atoms with Crippen LogP contribution in [0.15, 0.2) is 6.20 Å². The number of rotatable bonds is 3. The Morgan fingerprint density at radius 1 is 1.22 bits per heavy atom. The molecule has 18 heavy (non-hydrogen) atoms. The first kappa shape index (κ1) is 13.6. The summed E-state index contributed by atoms with van der Waals surface area (Å²) in [5.74, 6) is 0. The van der Waals surface area contributed by atoms with E-state index < -0.39 is 0 Å². The van der Waals surface area contributed by atoms with Crippen LogP contribution < -0.4 is 5.59 Å². The van der Waals surface area contributed by atoms with Crippen molar-refractivity contribution in [1.29, 1.82) is 0 Å². The molecule has 2 rings (SSSR count). The molecule has 1 aliphatic heterocycles. The minimum Gasteiger partial charge on any atom is -0.398 e. The SMILES string of the molecule is CCCn1cc(C)c(B2OC(C)(C)C(C)(C)O2)n1. The fraction of sp³-hybridized carbons (Fsp3) is 0.769. The molecular formula is C13H23BN2O2. The summed E-state index contributed by atoms with van der Waals surface area (Å²) < 4.78 is 14.0. The third-order valence-electron chi connectivity index (χ3n) is 3.91. The molecule has 0 unspecified atom stereocenters. The molecule has 0 atom stereocenters. The van der Waals surface area contributed by atoms with Crippen LogP contribution >= 0.6 is 0 Å². The summed E-state index contributed by atoms with van der Waals surface area (Å²) in [5.41, 5.74) is 1.42. The van der Waals surface area contributed by atoms with Crippen molar-refractivity contribution in [2.75, 3.05) is 0 Å². The molecule has 1 saturated heterocycles. The third kappa shape index (κ3) is 2.21. The van der Waals surface area contributed by atoms with Crippen molar-refractivity contribution < 1.29 is 9.31 Å². The number of hydrogen-bond donors (Lipinski definition) is 0. The Balaban J connectivity index is 2.24. The second-order valence-corrected chi connectivity index (χ2v) is 6.05. The summed E-state index contributed by atoms with van der Waals surface area (Å²) in [7, 11) is -0.354. The zero-order valence-electron chi connectivity index (χ0n) is 12.3. The van der Waals surface area contributed by atoms with Crippen LogP contribution in [0.2, 0.25) is 0 Å². The smallest absolute Gasteiger partial charge is 0.398 e. The fourth-order valence-corrected chi connectivity index (χ4v) is 2.07. The first-order valence-electron chi connectivity index (χ1n) is 6.66. The monoisotopic (exact) mass is 250 g/mol. The molecule has 1 aromatic heterocycles. The highest BCUT2D eigenvalue weighted by atomic mass is 16.7. The van der Waals surface area contributed by atoms with Crippen LogP contribution in [0.5, 0.6) is 0 Å². The maximum absolute atomic E-state index is 6.02. The van der Waals surface area contributed by atoms with E-state index in [0.29, 0.717) is 0 Å². The molecule has 4 nitrogen and oxygen atoms in total. The molecular weight excluding hydrogens is 227 g/mol. The minimum absolute atomic E-state index is 0.307. The summed E-state index contributed by atoms with van der Waals surface area (Å²) in [4.78, 5) is 0. The van der Waals surface area contributed by atoms with E-state index in [4.69, 9.17) is 9.31 Å². The molecule has 0 aliphatic carbocycles. The summed E-state index contributed by atoms with van der Waals surface area (Å²) in [6.45, 7) is 13.4. The largest absolute Gasteiger partial charge is 0.516 e. The van der Waals surface area contributed by atoms with Crippen molar-refractivity contribution >= 4 is 12.7 Å². The Morgan fingerprint density at radius 3 is 2.28 bits per heavy atom. The second kappa shape index (κ2) is 4.39. The van der Waals surface area contributed by atoms with Crippen LogP contribution in [0.1, 0.15) is 46.6 Å². The lowest BCUT2D eigenvalue weighted by atomic mass is 9.82. The molecule has 0 bridgehead atoms. The van der Waals surface area contributed by atoms with Crippen molar-refractivity contribution in [2.45, 2.75) is 65.7 Å². The van der Waals surface area contributed by atoms with E-state index in [2.05, 4.69) is 52.8 Å². The Labute approximate surface area is 110 Å². The molecule has 1 aliphatic rings. The molecule has 5 heteroatoms. The van der Waals surface area contributed by atoms with Crippen LogP contribution in [0.25, 0.3) is 0 Å². The van der Waals surface area contributed by atoms with E-state index in [9.17, 15) is 0 Å². The first-order valence-corrected chi connectivity index (χ1v) is 6.66. The van der Waals surface area contributed by atoms with Gasteiger partial charge in [-0.1, -0.05) is 6.92 Å². The number of aromatic nitrogens is 2. The minimum atomic E-state index is -0.354. The maximum atomic E-state index is 6.02. The average Bonchev–Trinajstić information content (AvgIpc) is 2.66. The van der Waals surface area contributed by atoms with Gasteiger partial charge >= 0.3 is 7.12 Å². The molecule has 0 N–H and O–H groups in total. The lowest BCUT2D eigenvalue weighted by Gasteiger charge is -2.32. The van der Waals surface area contributed by atoms with Gasteiger partial charge in [-0.25, -0.2) is 0 Å². The average molecular weight is 250 g/mol. The molecule has 0 saturated carbocycles. The van der Waals surface area contributed by atoms with Gasteiger partial charge in [0.05, 0.1) is 16.8 Å². The van der Waals surface area contributed by atoms with Gasteiger partial charge in [-0.2, -0.15) is 5.10 Å². The van der Waals surface area contributed by atoms with Gasteiger partial charge in [0, 0.05) is 12.7 Å². The van der Waals surface area contributed by atoms with Gasteiger partial charge in [0.25, 0.3) is 0 Å². The normalized spacial score (nSPS) is 21.6. The lowest BCUT2D eigenvalue weighted by Crippen LogP contribution is -2.41. The van der Waals surface area contributed by atoms with E-state index in [0.717, 1.165) is 24.1 Å². The third-order valence-corrected chi connectivity index (χ3v) is 3.91. The Kier molecular flexibility index (Phi) is 3.32. The molecule has 0 spiro atoms. The van der Waals surface area contributed by atoms with Gasteiger partial charge in [-0.15, -0.1) is 0 Å². The molecule has 0 amide bonds. The predicted octanol–water partition coefficient (Wildman–Crippen LogP) is 1.90. The van der Waals surface area contributed by atoms with E-state index in [-0.39, 0.29) is 18.3 Å². The van der Waals surface area contributed by atoms with Crippen LogP contribution in [-0.4, -0.2) is 28.1 Å². The summed E-state index contributed by atoms with van der Waals surface area (Å²) in [6, 6.07) is 0. The quantitative estimate of drug-likeness (QED) is 0.769. The van der Waals surface area contributed by atoms with Crippen molar-refractivity contribution in [2.24, 2.45) is 0 Å². The van der Waals surface area contributed by atoms with Gasteiger partial charge in [-0.05, 0) is 46.6 Å². The van der Waals surface area contributed by atoms with Crippen molar-refractivity contribution in [3.63, 3.8) is 0 Å². The van der Waals surface area contributed by atoms with E-state index in [1.165, 1.54) is 0 Å². The van der Waals surface area contributed by atoms with E-state index >= 15 is 0 Å². The first-order chi connectivity index (χ1) is 8.27. The van der Waals surface area contributed by atoms with Crippen LogP contribution in [0.3, 0.4) is 0 Å². The summed E-state index contributed by atoms with van der Waals surface area (Å²) in [6.07, 6.45) is 3.13. The van der Waals surface area contributed by atoms with Crippen LogP contribution in [0, 0.1) is 6.92 Å². The summed E-state index contributed by atoms with van der Waals surface area (Å²) >= 11 is 0. The van der Waals surface area contributed by atoms with Gasteiger partial charge in [0.2, 0.25) is 0 Å². The molecule has 1 aromatic rings. The van der Waals surface area contributed by atoms with Gasteiger partial charge in [-0.3, -0.25) is 4.68 Å². The van der Waals surface area contributed by atoms with Crippen LogP contribution in [-0.2, 0) is 15.9 Å². The Hall–Kier alpha value is -0.805. The van der Waals surface area contributed by atoms with Crippen molar-refractivity contribution in [3.8, 4) is 0 Å². The molecule has 1 fully saturated rings. The molecule has 0 radical (unpaired) electrons. The maximum Gasteiger partial charge on any atom is 0.516 e. The van der Waals surface area contributed by atoms with E-state index in [1.807, 2.05) is 4.68 Å². The number of aryl methyl sites for hydroxylation is 2. The zero-order valence-corrected chi connectivity index (χ0v) is 12.3. The fourth-order valence-electron chi connectivity index (χ4n) is 2.07. The number of nitrogens with zero attached hydrogens (tertiary/aromatic N) is 2. The van der Waals surface area contributed by atoms with Crippen molar-refractivity contribution in [3.05, 3.63) is 11.8 Å². The highest BCUT2D eigenvalue weighted by Gasteiger charge is 2.53. The lowest BCUT2D eigenvalue weighted by molar-refractivity contribution is 0.00578. The van der Waals surface area contributed by atoms with E-state index in [1.54, 1.807) is 0 Å². The number of hydrogen-bond acceptors (Lipinski definition) is 3. The van der Waals surface area contributed by atoms with Gasteiger partial charge < -0.3 is 9.31 Å². The van der Waals surface area contributed by atoms with Crippen LogP contribution in [0.4, 0.5) is 0 Å². The molecule has 100 valence electrons. The summed E-state index contributed by atoms with van der Waals surface area (Å²) in [5, 5.41) is 4.58. The highest BCUT2D eigenvalue weighted by molar-refractivity contribution is 6.61.